The van der Waals surface area contributed by atoms with Crippen LogP contribution in [0.25, 0.3) is 0 Å². The van der Waals surface area contributed by atoms with Crippen molar-refractivity contribution < 1.29 is 9.66 Å². The highest BCUT2D eigenvalue weighted by Crippen LogP contribution is 2.24. The second-order valence-corrected chi connectivity index (χ2v) is 4.19. The summed E-state index contributed by atoms with van der Waals surface area (Å²) in [4.78, 5) is 14.5. The maximum Gasteiger partial charge on any atom is 0.270 e. The number of benzene rings is 1. The largest absolute Gasteiger partial charge is 0.496 e. The minimum Gasteiger partial charge on any atom is -0.496 e. The number of non-ortho nitro benzene ring substituents is 1. The van der Waals surface area contributed by atoms with Crippen LogP contribution in [0, 0.1) is 10.1 Å². The summed E-state index contributed by atoms with van der Waals surface area (Å²) in [6.45, 7) is 0.439. The lowest BCUT2D eigenvalue weighted by Gasteiger charge is -2.08. The number of nitrogens with zero attached hydrogens (tertiary/aromatic N) is 3. The zero-order valence-corrected chi connectivity index (χ0v) is 11.0. The van der Waals surface area contributed by atoms with E-state index in [1.54, 1.807) is 23.2 Å². The zero-order valence-electron chi connectivity index (χ0n) is 10.2. The highest BCUT2D eigenvalue weighted by molar-refractivity contribution is 6.16. The molecular weight excluding hydrogens is 270 g/mol. The number of hydrogen-bond acceptors (Lipinski definition) is 4. The first-order valence-corrected chi connectivity index (χ1v) is 6.05. The average molecular weight is 282 g/mol. The van der Waals surface area contributed by atoms with Gasteiger partial charge in [0.15, 0.2) is 0 Å². The molecule has 0 fully saturated rings. The van der Waals surface area contributed by atoms with E-state index in [-0.39, 0.29) is 5.69 Å². The Morgan fingerprint density at radius 1 is 1.53 bits per heavy atom. The quantitative estimate of drug-likeness (QED) is 0.480. The van der Waals surface area contributed by atoms with Crippen LogP contribution in [0.15, 0.2) is 30.7 Å². The van der Waals surface area contributed by atoms with Gasteiger partial charge in [-0.25, -0.2) is 4.98 Å². The molecule has 6 nitrogen and oxygen atoms in total. The molecule has 0 spiro atoms. The van der Waals surface area contributed by atoms with Gasteiger partial charge in [-0.3, -0.25) is 10.1 Å². The smallest absolute Gasteiger partial charge is 0.270 e. The minimum absolute atomic E-state index is 0.0356. The van der Waals surface area contributed by atoms with E-state index in [9.17, 15) is 10.1 Å². The number of imidazole rings is 1. The van der Waals surface area contributed by atoms with Crippen LogP contribution in [0.2, 0.25) is 0 Å². The molecule has 0 saturated carbocycles. The van der Waals surface area contributed by atoms with Crippen molar-refractivity contribution in [2.75, 3.05) is 7.11 Å². The number of ether oxygens (including phenoxy) is 1. The normalized spacial score (nSPS) is 10.4. The Hall–Kier alpha value is -2.08. The van der Waals surface area contributed by atoms with E-state index in [2.05, 4.69) is 4.98 Å². The summed E-state index contributed by atoms with van der Waals surface area (Å²) in [5, 5.41) is 10.8. The third kappa shape index (κ3) is 3.03. The third-order valence-electron chi connectivity index (χ3n) is 2.65. The van der Waals surface area contributed by atoms with Gasteiger partial charge in [0.2, 0.25) is 0 Å². The van der Waals surface area contributed by atoms with Crippen molar-refractivity contribution in [1.82, 2.24) is 9.55 Å². The molecule has 1 aromatic heterocycles. The second kappa shape index (κ2) is 5.71. The maximum absolute atomic E-state index is 10.8. The van der Waals surface area contributed by atoms with E-state index in [1.807, 2.05) is 0 Å². The molecule has 0 bridgehead atoms. The molecule has 0 aliphatic heterocycles. The van der Waals surface area contributed by atoms with E-state index < -0.39 is 4.92 Å². The molecule has 2 rings (SSSR count). The molecule has 0 aliphatic carbocycles. The molecule has 0 aliphatic rings. The molecule has 0 radical (unpaired) electrons. The molecule has 0 unspecified atom stereocenters. The summed E-state index contributed by atoms with van der Waals surface area (Å²) >= 11 is 5.68. The van der Waals surface area contributed by atoms with Gasteiger partial charge in [0.25, 0.3) is 5.69 Å². The summed E-state index contributed by atoms with van der Waals surface area (Å²) < 4.78 is 7.01. The van der Waals surface area contributed by atoms with Crippen molar-refractivity contribution >= 4 is 17.3 Å². The van der Waals surface area contributed by atoms with Crippen LogP contribution in [0.5, 0.6) is 5.75 Å². The van der Waals surface area contributed by atoms with Crippen LogP contribution in [-0.2, 0) is 12.4 Å². The van der Waals surface area contributed by atoms with Crippen LogP contribution in [0.1, 0.15) is 11.3 Å². The number of methoxy groups -OCH3 is 1. The number of nitro benzene ring substituents is 1. The number of nitro groups is 1. The summed E-state index contributed by atoms with van der Waals surface area (Å²) in [6, 6.07) is 4.51. The standard InChI is InChI=1S/C12H12ClN3O3/c1-19-12-3-2-11(16(17)18)4-9(12)6-15-7-10(5-13)14-8-15/h2-4,7-8H,5-6H2,1H3. The topological polar surface area (TPSA) is 70.2 Å². The predicted molar refractivity (Wildman–Crippen MR) is 70.5 cm³/mol. The minimum atomic E-state index is -0.430. The Morgan fingerprint density at radius 2 is 2.32 bits per heavy atom. The number of halogens is 1. The van der Waals surface area contributed by atoms with Crippen LogP contribution < -0.4 is 4.74 Å². The molecule has 1 heterocycles. The predicted octanol–water partition coefficient (Wildman–Crippen LogP) is 2.59. The summed E-state index contributed by atoms with van der Waals surface area (Å²) in [6.07, 6.45) is 3.43. The number of rotatable bonds is 5. The van der Waals surface area contributed by atoms with Crippen molar-refractivity contribution in [2.45, 2.75) is 12.4 Å². The van der Waals surface area contributed by atoms with Crippen LogP contribution in [0.3, 0.4) is 0 Å². The fraction of sp³-hybridized carbons (Fsp3) is 0.250. The van der Waals surface area contributed by atoms with Crippen LogP contribution in [-0.4, -0.2) is 21.6 Å². The Bertz CT molecular complexity index is 598. The number of aromatic nitrogens is 2. The first-order chi connectivity index (χ1) is 9.13. The molecule has 19 heavy (non-hydrogen) atoms. The molecule has 2 aromatic rings. The summed E-state index contributed by atoms with van der Waals surface area (Å²) in [5.41, 5.74) is 1.51. The van der Waals surface area contributed by atoms with Crippen LogP contribution >= 0.6 is 11.6 Å². The summed E-state index contributed by atoms with van der Waals surface area (Å²) in [5.74, 6) is 0.936. The fourth-order valence-corrected chi connectivity index (χ4v) is 1.90. The van der Waals surface area contributed by atoms with Gasteiger partial charge in [-0.1, -0.05) is 0 Å². The maximum atomic E-state index is 10.8. The van der Waals surface area contributed by atoms with Gasteiger partial charge < -0.3 is 9.30 Å². The lowest BCUT2D eigenvalue weighted by Crippen LogP contribution is -2.01. The average Bonchev–Trinajstić information content (AvgIpc) is 2.86. The first kappa shape index (κ1) is 13.4. The van der Waals surface area contributed by atoms with Crippen molar-refractivity contribution in [1.29, 1.82) is 0 Å². The van der Waals surface area contributed by atoms with E-state index >= 15 is 0 Å². The Balaban J connectivity index is 2.31. The van der Waals surface area contributed by atoms with E-state index in [0.717, 1.165) is 11.3 Å². The van der Waals surface area contributed by atoms with Gasteiger partial charge in [0.05, 0.1) is 36.5 Å². The van der Waals surface area contributed by atoms with Gasteiger partial charge in [-0.05, 0) is 6.07 Å². The van der Waals surface area contributed by atoms with Crippen molar-refractivity contribution in [3.05, 3.63) is 52.1 Å². The zero-order chi connectivity index (χ0) is 13.8. The van der Waals surface area contributed by atoms with Gasteiger partial charge in [-0.15, -0.1) is 11.6 Å². The van der Waals surface area contributed by atoms with Gasteiger partial charge >= 0.3 is 0 Å². The van der Waals surface area contributed by atoms with Gasteiger partial charge in [0, 0.05) is 23.9 Å². The van der Waals surface area contributed by atoms with Crippen molar-refractivity contribution in [3.8, 4) is 5.75 Å². The molecule has 0 saturated heterocycles. The highest BCUT2D eigenvalue weighted by atomic mass is 35.5. The second-order valence-electron chi connectivity index (χ2n) is 3.92. The van der Waals surface area contributed by atoms with Crippen molar-refractivity contribution in [3.63, 3.8) is 0 Å². The summed E-state index contributed by atoms with van der Waals surface area (Å²) in [7, 11) is 1.53. The molecule has 0 N–H and O–H groups in total. The van der Waals surface area contributed by atoms with E-state index in [1.165, 1.54) is 19.2 Å². The van der Waals surface area contributed by atoms with E-state index in [0.29, 0.717) is 18.2 Å². The fourth-order valence-electron chi connectivity index (χ4n) is 1.76. The Morgan fingerprint density at radius 3 is 2.89 bits per heavy atom. The number of alkyl halides is 1. The first-order valence-electron chi connectivity index (χ1n) is 5.52. The van der Waals surface area contributed by atoms with Crippen molar-refractivity contribution in [2.24, 2.45) is 0 Å². The Labute approximate surface area is 114 Å². The SMILES string of the molecule is COc1ccc([N+](=O)[O-])cc1Cn1cnc(CCl)c1. The molecule has 1 aromatic carbocycles. The molecule has 0 atom stereocenters. The molecule has 0 amide bonds. The van der Waals surface area contributed by atoms with Gasteiger partial charge in [-0.2, -0.15) is 0 Å². The lowest BCUT2D eigenvalue weighted by molar-refractivity contribution is -0.384. The molecular formula is C12H12ClN3O3. The Kier molecular flexibility index (Phi) is 4.01. The van der Waals surface area contributed by atoms with Gasteiger partial charge in [0.1, 0.15) is 5.75 Å². The monoisotopic (exact) mass is 281 g/mol. The molecule has 7 heteroatoms. The number of hydrogen-bond donors (Lipinski definition) is 0. The third-order valence-corrected chi connectivity index (χ3v) is 2.93. The van der Waals surface area contributed by atoms with Crippen LogP contribution in [0.4, 0.5) is 5.69 Å². The highest BCUT2D eigenvalue weighted by Gasteiger charge is 2.12. The van der Waals surface area contributed by atoms with E-state index in [4.69, 9.17) is 16.3 Å². The molecule has 100 valence electrons. The lowest BCUT2D eigenvalue weighted by atomic mass is 10.1.